The zero-order chi connectivity index (χ0) is 18.5. The zero-order valence-corrected chi connectivity index (χ0v) is 15.0. The van der Waals surface area contributed by atoms with E-state index < -0.39 is 17.0 Å². The van der Waals surface area contributed by atoms with Crippen molar-refractivity contribution in [2.75, 3.05) is 42.3 Å². The van der Waals surface area contributed by atoms with Crippen molar-refractivity contribution in [1.82, 2.24) is 9.88 Å². The van der Waals surface area contributed by atoms with Crippen LogP contribution in [0.1, 0.15) is 10.4 Å². The van der Waals surface area contributed by atoms with E-state index in [1.807, 2.05) is 29.2 Å². The number of carbonyl (C=O) groups excluding carboxylic acids is 1. The van der Waals surface area contributed by atoms with Crippen LogP contribution in [0.2, 0.25) is 0 Å². The maximum absolute atomic E-state index is 11.1. The molecule has 0 bridgehead atoms. The predicted octanol–water partition coefficient (Wildman–Crippen LogP) is 1.23. The van der Waals surface area contributed by atoms with Crippen molar-refractivity contribution in [3.8, 4) is 0 Å². The van der Waals surface area contributed by atoms with Crippen LogP contribution in [-0.2, 0) is 11.1 Å². The molecule has 3 rings (SSSR count). The number of nitrogens with two attached hydrogens (primary N) is 1. The molecule has 1 aromatic heterocycles. The molecule has 1 atom stereocenters. The third kappa shape index (κ3) is 4.78. The summed E-state index contributed by atoms with van der Waals surface area (Å²) in [6, 6.07) is 11.3. The third-order valence-corrected chi connectivity index (χ3v) is 4.80. The summed E-state index contributed by atoms with van der Waals surface area (Å²) in [5.74, 6) is 0.338. The fourth-order valence-electron chi connectivity index (χ4n) is 2.81. The summed E-state index contributed by atoms with van der Waals surface area (Å²) in [5.41, 5.74) is 7.57. The van der Waals surface area contributed by atoms with Gasteiger partial charge in [0.05, 0.1) is 5.56 Å². The van der Waals surface area contributed by atoms with Gasteiger partial charge in [-0.05, 0) is 36.4 Å². The van der Waals surface area contributed by atoms with E-state index in [0.717, 1.165) is 37.6 Å². The Balaban J connectivity index is 1.57. The first-order valence-corrected chi connectivity index (χ1v) is 9.46. The van der Waals surface area contributed by atoms with Crippen molar-refractivity contribution in [2.24, 2.45) is 5.73 Å². The number of pyridine rings is 1. The van der Waals surface area contributed by atoms with Gasteiger partial charge in [0.1, 0.15) is 11.7 Å². The Bertz CT molecular complexity index is 774. The lowest BCUT2D eigenvalue weighted by Gasteiger charge is -2.35. The minimum Gasteiger partial charge on any atom is -0.369 e. The summed E-state index contributed by atoms with van der Waals surface area (Å²) in [7, 11) is 0. The second-order valence-electron chi connectivity index (χ2n) is 6.02. The standard InChI is InChI=1S/C17H21N5O3S/c18-17(23)13-1-6-16(19-11-13)20-14-2-4-15(5-3-14)22-9-7-21(8-10-22)12-26(24)25/h1-6,11H,7-10,12H2,(H2,18,23)(H,19,20)(H,24,25). The van der Waals surface area contributed by atoms with E-state index in [1.54, 1.807) is 12.1 Å². The predicted molar refractivity (Wildman–Crippen MR) is 102 cm³/mol. The van der Waals surface area contributed by atoms with Gasteiger partial charge in [-0.3, -0.25) is 9.69 Å². The second-order valence-corrected chi connectivity index (χ2v) is 6.93. The van der Waals surface area contributed by atoms with E-state index in [9.17, 15) is 9.00 Å². The highest BCUT2D eigenvalue weighted by molar-refractivity contribution is 7.79. The Hall–Kier alpha value is -2.49. The fraction of sp³-hybridized carbons (Fsp3) is 0.294. The summed E-state index contributed by atoms with van der Waals surface area (Å²) in [6.45, 7) is 3.17. The minimum atomic E-state index is -1.78. The van der Waals surface area contributed by atoms with Gasteiger partial charge in [-0.2, -0.15) is 0 Å². The number of carbonyl (C=O) groups is 1. The molecule has 1 amide bonds. The number of nitrogens with one attached hydrogen (secondary N) is 1. The van der Waals surface area contributed by atoms with Gasteiger partial charge in [-0.25, -0.2) is 9.19 Å². The second kappa shape index (κ2) is 8.26. The first kappa shape index (κ1) is 18.3. The number of amides is 1. The highest BCUT2D eigenvalue weighted by atomic mass is 32.2. The number of primary amides is 1. The van der Waals surface area contributed by atoms with Gasteiger partial charge in [0, 0.05) is 43.8 Å². The summed E-state index contributed by atoms with van der Waals surface area (Å²) in [5, 5.41) is 3.18. The summed E-state index contributed by atoms with van der Waals surface area (Å²) >= 11 is -1.78. The average molecular weight is 375 g/mol. The molecule has 2 heterocycles. The van der Waals surface area contributed by atoms with Gasteiger partial charge < -0.3 is 20.5 Å². The molecule has 0 radical (unpaired) electrons. The molecule has 8 nitrogen and oxygen atoms in total. The molecular formula is C17H21N5O3S. The van der Waals surface area contributed by atoms with Crippen molar-refractivity contribution in [3.05, 3.63) is 48.2 Å². The van der Waals surface area contributed by atoms with Crippen molar-refractivity contribution in [2.45, 2.75) is 0 Å². The summed E-state index contributed by atoms with van der Waals surface area (Å²) in [6.07, 6.45) is 1.44. The molecule has 4 N–H and O–H groups in total. The van der Waals surface area contributed by atoms with Gasteiger partial charge in [0.2, 0.25) is 5.91 Å². The molecule has 138 valence electrons. The Morgan fingerprint density at radius 3 is 2.38 bits per heavy atom. The summed E-state index contributed by atoms with van der Waals surface area (Å²) < 4.78 is 19.8. The quantitative estimate of drug-likeness (QED) is 0.651. The zero-order valence-electron chi connectivity index (χ0n) is 14.2. The Morgan fingerprint density at radius 2 is 1.85 bits per heavy atom. The van der Waals surface area contributed by atoms with Crippen LogP contribution in [0.4, 0.5) is 17.2 Å². The van der Waals surface area contributed by atoms with Crippen LogP contribution in [0, 0.1) is 0 Å². The number of benzene rings is 1. The molecule has 9 heteroatoms. The van der Waals surface area contributed by atoms with Gasteiger partial charge >= 0.3 is 0 Å². The Labute approximate surface area is 154 Å². The monoisotopic (exact) mass is 375 g/mol. The van der Waals surface area contributed by atoms with Gasteiger partial charge in [-0.15, -0.1) is 0 Å². The molecule has 1 aliphatic heterocycles. The third-order valence-electron chi connectivity index (χ3n) is 4.22. The molecular weight excluding hydrogens is 354 g/mol. The molecule has 26 heavy (non-hydrogen) atoms. The molecule has 1 aromatic carbocycles. The highest BCUT2D eigenvalue weighted by Crippen LogP contribution is 2.21. The molecule has 0 aliphatic carbocycles. The van der Waals surface area contributed by atoms with Crippen molar-refractivity contribution < 1.29 is 13.6 Å². The fourth-order valence-corrected chi connectivity index (χ4v) is 3.38. The number of anilines is 3. The lowest BCUT2D eigenvalue weighted by molar-refractivity contribution is 0.1000. The van der Waals surface area contributed by atoms with Crippen LogP contribution in [0.3, 0.4) is 0 Å². The number of nitrogens with zero attached hydrogens (tertiary/aromatic N) is 3. The molecule has 2 aromatic rings. The lowest BCUT2D eigenvalue weighted by atomic mass is 10.2. The van der Waals surface area contributed by atoms with Crippen molar-refractivity contribution in [3.63, 3.8) is 0 Å². The summed E-state index contributed by atoms with van der Waals surface area (Å²) in [4.78, 5) is 19.5. The number of hydrogen-bond acceptors (Lipinski definition) is 6. The largest absolute Gasteiger partial charge is 0.369 e. The maximum Gasteiger partial charge on any atom is 0.250 e. The lowest BCUT2D eigenvalue weighted by Crippen LogP contribution is -2.47. The minimum absolute atomic E-state index is 0.207. The van der Waals surface area contributed by atoms with E-state index in [-0.39, 0.29) is 5.88 Å². The Kier molecular flexibility index (Phi) is 5.82. The van der Waals surface area contributed by atoms with Crippen LogP contribution in [-0.4, -0.2) is 56.6 Å². The van der Waals surface area contributed by atoms with Gasteiger partial charge in [-0.1, -0.05) is 0 Å². The molecule has 0 saturated carbocycles. The van der Waals surface area contributed by atoms with E-state index in [2.05, 4.69) is 15.2 Å². The molecule has 1 fully saturated rings. The number of aromatic nitrogens is 1. The van der Waals surface area contributed by atoms with E-state index >= 15 is 0 Å². The van der Waals surface area contributed by atoms with E-state index in [0.29, 0.717) is 11.4 Å². The van der Waals surface area contributed by atoms with Crippen molar-refractivity contribution >= 4 is 34.2 Å². The van der Waals surface area contributed by atoms with Crippen LogP contribution in [0.25, 0.3) is 0 Å². The van der Waals surface area contributed by atoms with Crippen LogP contribution in [0.15, 0.2) is 42.6 Å². The van der Waals surface area contributed by atoms with Crippen LogP contribution >= 0.6 is 0 Å². The number of rotatable bonds is 6. The van der Waals surface area contributed by atoms with Crippen molar-refractivity contribution in [1.29, 1.82) is 0 Å². The SMILES string of the molecule is NC(=O)c1ccc(Nc2ccc(N3CCN(CS(=O)O)CC3)cc2)nc1. The molecule has 1 unspecified atom stereocenters. The Morgan fingerprint density at radius 1 is 1.15 bits per heavy atom. The van der Waals surface area contributed by atoms with Crippen LogP contribution < -0.4 is 16.0 Å². The smallest absolute Gasteiger partial charge is 0.250 e. The van der Waals surface area contributed by atoms with Crippen LogP contribution in [0.5, 0.6) is 0 Å². The topological polar surface area (TPSA) is 112 Å². The highest BCUT2D eigenvalue weighted by Gasteiger charge is 2.18. The van der Waals surface area contributed by atoms with E-state index in [1.165, 1.54) is 6.20 Å². The van der Waals surface area contributed by atoms with Gasteiger partial charge in [0.25, 0.3) is 0 Å². The van der Waals surface area contributed by atoms with Gasteiger partial charge in [0.15, 0.2) is 11.1 Å². The molecule has 0 spiro atoms. The molecule has 1 saturated heterocycles. The first-order chi connectivity index (χ1) is 12.5. The van der Waals surface area contributed by atoms with E-state index in [4.69, 9.17) is 10.3 Å². The normalized spacial score (nSPS) is 16.3. The number of piperazine rings is 1. The average Bonchev–Trinajstić information content (AvgIpc) is 2.63. The molecule has 1 aliphatic rings. The first-order valence-electron chi connectivity index (χ1n) is 8.19. The maximum atomic E-state index is 11.1. The number of hydrogen-bond donors (Lipinski definition) is 3.